The van der Waals surface area contributed by atoms with E-state index in [0.29, 0.717) is 35.0 Å². The fourth-order valence-electron chi connectivity index (χ4n) is 10.5. The third kappa shape index (κ3) is 2.77. The zero-order valence-electron chi connectivity index (χ0n) is 21.2. The van der Waals surface area contributed by atoms with Crippen LogP contribution in [0.15, 0.2) is 12.2 Å². The number of hydrogen-bond donors (Lipinski definition) is 3. The molecule has 32 heavy (non-hydrogen) atoms. The topological polar surface area (TPSA) is 60.7 Å². The van der Waals surface area contributed by atoms with Crippen molar-refractivity contribution in [3.63, 3.8) is 0 Å². The van der Waals surface area contributed by atoms with Gasteiger partial charge in [0.1, 0.15) is 0 Å². The van der Waals surface area contributed by atoms with E-state index >= 15 is 0 Å². The highest BCUT2D eigenvalue weighted by molar-refractivity contribution is 5.31. The molecule has 3 heteroatoms. The molecule has 0 radical (unpaired) electrons. The van der Waals surface area contributed by atoms with Gasteiger partial charge in [-0.05, 0) is 110 Å². The van der Waals surface area contributed by atoms with Crippen molar-refractivity contribution in [2.45, 2.75) is 117 Å². The lowest BCUT2D eigenvalue weighted by molar-refractivity contribution is -0.194. The minimum absolute atomic E-state index is 0.0804. The second-order valence-corrected chi connectivity index (χ2v) is 13.8. The van der Waals surface area contributed by atoms with E-state index in [1.165, 1.54) is 44.1 Å². The van der Waals surface area contributed by atoms with Crippen molar-refractivity contribution in [1.29, 1.82) is 0 Å². The van der Waals surface area contributed by atoms with Crippen LogP contribution < -0.4 is 0 Å². The van der Waals surface area contributed by atoms with Gasteiger partial charge in [-0.1, -0.05) is 46.8 Å². The number of hydrogen-bond acceptors (Lipinski definition) is 3. The Bertz CT molecular complexity index is 776. The van der Waals surface area contributed by atoms with E-state index < -0.39 is 18.3 Å². The number of allylic oxidation sites excluding steroid dienone is 1. The largest absolute Gasteiger partial charge is 0.393 e. The molecule has 5 rings (SSSR count). The molecule has 0 bridgehead atoms. The summed E-state index contributed by atoms with van der Waals surface area (Å²) in [4.78, 5) is 0. The van der Waals surface area contributed by atoms with E-state index in [0.717, 1.165) is 25.2 Å². The highest BCUT2D eigenvalue weighted by Crippen LogP contribution is 2.87. The van der Waals surface area contributed by atoms with Crippen LogP contribution in [0.1, 0.15) is 98.8 Å². The molecule has 0 amide bonds. The predicted molar refractivity (Wildman–Crippen MR) is 129 cm³/mol. The average Bonchev–Trinajstić information content (AvgIpc) is 3.30. The summed E-state index contributed by atoms with van der Waals surface area (Å²) in [5.74, 6) is 2.49. The Labute approximate surface area is 196 Å². The molecule has 0 aromatic rings. The summed E-state index contributed by atoms with van der Waals surface area (Å²) in [7, 11) is 0. The Morgan fingerprint density at radius 2 is 1.62 bits per heavy atom. The lowest BCUT2D eigenvalue weighted by Gasteiger charge is -2.62. The lowest BCUT2D eigenvalue weighted by Crippen LogP contribution is -2.60. The van der Waals surface area contributed by atoms with Crippen LogP contribution >= 0.6 is 0 Å². The molecule has 5 aliphatic carbocycles. The highest BCUT2D eigenvalue weighted by atomic mass is 16.3. The summed E-state index contributed by atoms with van der Waals surface area (Å²) in [6.45, 7) is 16.5. The average molecular weight is 445 g/mol. The monoisotopic (exact) mass is 444 g/mol. The molecule has 11 atom stereocenters. The molecule has 0 aromatic carbocycles. The molecule has 2 spiro atoms. The minimum Gasteiger partial charge on any atom is -0.393 e. The summed E-state index contributed by atoms with van der Waals surface area (Å²) in [5, 5.41) is 32.6. The standard InChI is InChI=1S/C29H48O3/c1-17(2)18(3)7-8-19(4)20-9-11-27(6)23-15-22(31)24-25(32)21(30)10-12-29(24)16-28(23,29)14-13-26(20,27)5/h17,19-25,30-32H,3,7-16H2,1-2,4-6H3/t19-,20-,21+,22+,23+,24+,25-,26-,27+,28+,29-/m1/s1. The minimum atomic E-state index is -0.745. The van der Waals surface area contributed by atoms with Crippen molar-refractivity contribution in [2.24, 2.45) is 51.2 Å². The fourth-order valence-corrected chi connectivity index (χ4v) is 10.5. The first-order chi connectivity index (χ1) is 14.9. The van der Waals surface area contributed by atoms with Crippen LogP contribution in [0.3, 0.4) is 0 Å². The van der Waals surface area contributed by atoms with Crippen molar-refractivity contribution >= 4 is 0 Å². The van der Waals surface area contributed by atoms with Crippen LogP contribution in [0, 0.1) is 51.2 Å². The second kappa shape index (κ2) is 7.31. The number of aliphatic hydroxyl groups is 3. The maximum atomic E-state index is 11.3. The second-order valence-electron chi connectivity index (χ2n) is 13.8. The molecule has 0 saturated heterocycles. The Morgan fingerprint density at radius 1 is 0.906 bits per heavy atom. The van der Waals surface area contributed by atoms with E-state index in [1.54, 1.807) is 0 Å². The van der Waals surface area contributed by atoms with E-state index in [2.05, 4.69) is 41.2 Å². The maximum Gasteiger partial charge on any atom is 0.0857 e. The summed E-state index contributed by atoms with van der Waals surface area (Å²) in [5.41, 5.74) is 2.39. The van der Waals surface area contributed by atoms with Gasteiger partial charge in [-0.2, -0.15) is 0 Å². The van der Waals surface area contributed by atoms with Crippen LogP contribution in [-0.4, -0.2) is 33.6 Å². The molecule has 0 unspecified atom stereocenters. The molecular weight excluding hydrogens is 396 g/mol. The molecule has 5 saturated carbocycles. The molecular formula is C29H48O3. The van der Waals surface area contributed by atoms with Crippen molar-refractivity contribution in [3.05, 3.63) is 12.2 Å². The van der Waals surface area contributed by atoms with E-state index in [4.69, 9.17) is 0 Å². The number of rotatable bonds is 5. The van der Waals surface area contributed by atoms with Gasteiger partial charge >= 0.3 is 0 Å². The molecule has 5 fully saturated rings. The third-order valence-corrected chi connectivity index (χ3v) is 12.7. The van der Waals surface area contributed by atoms with Gasteiger partial charge in [-0.25, -0.2) is 0 Å². The highest BCUT2D eigenvalue weighted by Gasteiger charge is 2.82. The lowest BCUT2D eigenvalue weighted by atomic mass is 9.43. The van der Waals surface area contributed by atoms with E-state index in [9.17, 15) is 15.3 Å². The first-order valence-corrected chi connectivity index (χ1v) is 13.7. The van der Waals surface area contributed by atoms with Gasteiger partial charge in [0.15, 0.2) is 0 Å². The van der Waals surface area contributed by atoms with Crippen molar-refractivity contribution in [3.8, 4) is 0 Å². The number of aliphatic hydroxyl groups excluding tert-OH is 3. The van der Waals surface area contributed by atoms with E-state index in [1.807, 2.05) is 0 Å². The van der Waals surface area contributed by atoms with Gasteiger partial charge in [0.25, 0.3) is 0 Å². The van der Waals surface area contributed by atoms with Gasteiger partial charge in [-0.3, -0.25) is 0 Å². The van der Waals surface area contributed by atoms with Crippen LogP contribution in [0.2, 0.25) is 0 Å². The maximum absolute atomic E-state index is 11.3. The van der Waals surface area contributed by atoms with Crippen molar-refractivity contribution < 1.29 is 15.3 Å². The molecule has 0 aliphatic heterocycles. The van der Waals surface area contributed by atoms with Crippen LogP contribution in [-0.2, 0) is 0 Å². The van der Waals surface area contributed by atoms with E-state index in [-0.39, 0.29) is 16.7 Å². The first kappa shape index (κ1) is 23.4. The Balaban J connectivity index is 1.40. The van der Waals surface area contributed by atoms with Crippen molar-refractivity contribution in [1.82, 2.24) is 0 Å². The number of fused-ring (bicyclic) bond motifs is 2. The Hall–Kier alpha value is -0.380. The smallest absolute Gasteiger partial charge is 0.0857 e. The van der Waals surface area contributed by atoms with Gasteiger partial charge in [0, 0.05) is 5.92 Å². The summed E-state index contributed by atoms with van der Waals surface area (Å²) in [6.07, 6.45) is 9.40. The molecule has 0 aromatic heterocycles. The normalized spacial score (nSPS) is 54.9. The van der Waals surface area contributed by atoms with Gasteiger partial charge in [-0.15, -0.1) is 0 Å². The van der Waals surface area contributed by atoms with Crippen LogP contribution in [0.4, 0.5) is 0 Å². The van der Waals surface area contributed by atoms with Gasteiger partial charge < -0.3 is 15.3 Å². The van der Waals surface area contributed by atoms with Crippen molar-refractivity contribution in [2.75, 3.05) is 0 Å². The summed E-state index contributed by atoms with van der Waals surface area (Å²) < 4.78 is 0. The zero-order chi connectivity index (χ0) is 23.3. The SMILES string of the molecule is C=C(CC[C@@H](C)[C@H]1CC[C@@]2(C)[C@@H]3C[C@H](O)[C@H]4[C@H](O)[C@@H](O)CC[C@@]45C[C@@]35CC[C@]12C)C(C)C. The third-order valence-electron chi connectivity index (χ3n) is 12.7. The fraction of sp³-hybridized carbons (Fsp3) is 0.931. The Kier molecular flexibility index (Phi) is 5.34. The molecule has 5 aliphatic rings. The van der Waals surface area contributed by atoms with Gasteiger partial charge in [0.05, 0.1) is 18.3 Å². The zero-order valence-corrected chi connectivity index (χ0v) is 21.2. The molecule has 0 heterocycles. The van der Waals surface area contributed by atoms with Crippen LogP contribution in [0.25, 0.3) is 0 Å². The molecule has 3 nitrogen and oxygen atoms in total. The predicted octanol–water partition coefficient (Wildman–Crippen LogP) is 5.72. The summed E-state index contributed by atoms with van der Waals surface area (Å²) >= 11 is 0. The van der Waals surface area contributed by atoms with Crippen LogP contribution in [0.5, 0.6) is 0 Å². The summed E-state index contributed by atoms with van der Waals surface area (Å²) in [6, 6.07) is 0. The Morgan fingerprint density at radius 3 is 2.31 bits per heavy atom. The first-order valence-electron chi connectivity index (χ1n) is 13.7. The quantitative estimate of drug-likeness (QED) is 0.475. The van der Waals surface area contributed by atoms with Gasteiger partial charge in [0.2, 0.25) is 0 Å². The molecule has 182 valence electrons. The molecule has 3 N–H and O–H groups in total.